The highest BCUT2D eigenvalue weighted by Gasteiger charge is 2.21. The minimum absolute atomic E-state index is 0.285. The summed E-state index contributed by atoms with van der Waals surface area (Å²) in [7, 11) is 0. The predicted octanol–water partition coefficient (Wildman–Crippen LogP) is 4.18. The molecule has 1 unspecified atom stereocenters. The van der Waals surface area contributed by atoms with Crippen LogP contribution in [0.25, 0.3) is 11.0 Å². The Balaban J connectivity index is 2.21. The van der Waals surface area contributed by atoms with Crippen LogP contribution < -0.4 is 0 Å². The first kappa shape index (κ1) is 16.0. The van der Waals surface area contributed by atoms with Gasteiger partial charge in [-0.2, -0.15) is 0 Å². The first-order chi connectivity index (χ1) is 10.2. The van der Waals surface area contributed by atoms with Crippen LogP contribution in [0.15, 0.2) is 24.3 Å². The van der Waals surface area contributed by atoms with Gasteiger partial charge >= 0.3 is 0 Å². The molecule has 1 atom stereocenters. The summed E-state index contributed by atoms with van der Waals surface area (Å²) in [5.74, 6) is 1.41. The molecule has 0 bridgehead atoms. The molecule has 0 saturated heterocycles. The second-order valence-electron chi connectivity index (χ2n) is 5.87. The molecule has 3 heteroatoms. The van der Waals surface area contributed by atoms with E-state index >= 15 is 0 Å². The van der Waals surface area contributed by atoms with Crippen molar-refractivity contribution in [2.75, 3.05) is 0 Å². The third-order valence-corrected chi connectivity index (χ3v) is 4.30. The Labute approximate surface area is 128 Å². The smallest absolute Gasteiger partial charge is 0.112 e. The largest absolute Gasteiger partial charge is 0.392 e. The molecule has 2 aromatic rings. The number of hydrogen-bond acceptors (Lipinski definition) is 2. The number of aliphatic hydroxyl groups excluding tert-OH is 1. The van der Waals surface area contributed by atoms with Crippen molar-refractivity contribution < 1.29 is 5.11 Å². The van der Waals surface area contributed by atoms with Gasteiger partial charge in [-0.1, -0.05) is 38.8 Å². The van der Waals surface area contributed by atoms with Crippen LogP contribution in [0, 0.1) is 5.92 Å². The lowest BCUT2D eigenvalue weighted by atomic mass is 9.90. The quantitative estimate of drug-likeness (QED) is 0.791. The van der Waals surface area contributed by atoms with E-state index in [1.807, 2.05) is 18.2 Å². The fraction of sp³-hybridized carbons (Fsp3) is 0.611. The Morgan fingerprint density at radius 3 is 2.38 bits per heavy atom. The summed E-state index contributed by atoms with van der Waals surface area (Å²) in [6.45, 7) is 7.42. The van der Waals surface area contributed by atoms with E-state index in [9.17, 15) is 5.11 Å². The average molecular weight is 288 g/mol. The number of nitrogens with zero attached hydrogens (tertiary/aromatic N) is 2. The van der Waals surface area contributed by atoms with Crippen LogP contribution >= 0.6 is 0 Å². The standard InChI is InChI=1S/C18H28N2O/c1-4-9-14(10-5-2)17(21)13-18-19-15-11-7-8-12-16(15)20(18)6-3/h7-8,11-12,14,17,21H,4-6,9-10,13H2,1-3H3. The molecule has 1 heterocycles. The lowest BCUT2D eigenvalue weighted by molar-refractivity contribution is 0.0938. The highest BCUT2D eigenvalue weighted by atomic mass is 16.3. The van der Waals surface area contributed by atoms with Gasteiger partial charge in [-0.3, -0.25) is 0 Å². The van der Waals surface area contributed by atoms with Crippen molar-refractivity contribution in [2.24, 2.45) is 5.92 Å². The van der Waals surface area contributed by atoms with E-state index in [0.29, 0.717) is 12.3 Å². The zero-order chi connectivity index (χ0) is 15.2. The average Bonchev–Trinajstić information content (AvgIpc) is 2.83. The van der Waals surface area contributed by atoms with Crippen molar-refractivity contribution in [1.29, 1.82) is 0 Å². The van der Waals surface area contributed by atoms with Gasteiger partial charge in [0.1, 0.15) is 5.82 Å². The van der Waals surface area contributed by atoms with Gasteiger partial charge in [0.05, 0.1) is 17.1 Å². The number of fused-ring (bicyclic) bond motifs is 1. The first-order valence-electron chi connectivity index (χ1n) is 8.33. The van der Waals surface area contributed by atoms with Crippen molar-refractivity contribution in [2.45, 2.75) is 65.5 Å². The number of benzene rings is 1. The topological polar surface area (TPSA) is 38.1 Å². The molecule has 0 spiro atoms. The van der Waals surface area contributed by atoms with Crippen LogP contribution in [0.5, 0.6) is 0 Å². The molecular weight excluding hydrogens is 260 g/mol. The van der Waals surface area contributed by atoms with Gasteiger partial charge in [0.15, 0.2) is 0 Å². The number of aromatic nitrogens is 2. The summed E-state index contributed by atoms with van der Waals surface area (Å²) in [4.78, 5) is 4.73. The normalized spacial score (nSPS) is 13.2. The summed E-state index contributed by atoms with van der Waals surface area (Å²) in [5, 5.41) is 10.6. The van der Waals surface area contributed by atoms with Gasteiger partial charge in [-0.15, -0.1) is 0 Å². The Morgan fingerprint density at radius 2 is 1.76 bits per heavy atom. The maximum Gasteiger partial charge on any atom is 0.112 e. The van der Waals surface area contributed by atoms with Crippen molar-refractivity contribution >= 4 is 11.0 Å². The molecular formula is C18H28N2O. The van der Waals surface area contributed by atoms with Gasteiger partial charge in [0, 0.05) is 13.0 Å². The van der Waals surface area contributed by atoms with Crippen molar-refractivity contribution in [3.63, 3.8) is 0 Å². The molecule has 1 N–H and O–H groups in total. The Bertz CT molecular complexity index is 555. The van der Waals surface area contributed by atoms with Gasteiger partial charge in [-0.05, 0) is 37.8 Å². The molecule has 0 aliphatic carbocycles. The van der Waals surface area contributed by atoms with Crippen LogP contribution in [-0.2, 0) is 13.0 Å². The van der Waals surface area contributed by atoms with Gasteiger partial charge in [0.25, 0.3) is 0 Å². The number of rotatable bonds is 8. The fourth-order valence-corrected chi connectivity index (χ4v) is 3.26. The molecule has 2 rings (SSSR count). The third kappa shape index (κ3) is 3.65. The second-order valence-corrected chi connectivity index (χ2v) is 5.87. The van der Waals surface area contributed by atoms with E-state index in [1.165, 1.54) is 5.52 Å². The minimum Gasteiger partial charge on any atom is -0.392 e. The lowest BCUT2D eigenvalue weighted by Gasteiger charge is -2.22. The van der Waals surface area contributed by atoms with E-state index in [0.717, 1.165) is 43.6 Å². The zero-order valence-corrected chi connectivity index (χ0v) is 13.5. The van der Waals surface area contributed by atoms with Crippen LogP contribution in [-0.4, -0.2) is 20.8 Å². The van der Waals surface area contributed by atoms with Crippen molar-refractivity contribution in [1.82, 2.24) is 9.55 Å². The maximum absolute atomic E-state index is 10.6. The number of para-hydroxylation sites is 2. The minimum atomic E-state index is -0.285. The van der Waals surface area contributed by atoms with Crippen LogP contribution in [0.1, 0.15) is 52.3 Å². The summed E-state index contributed by atoms with van der Waals surface area (Å²) >= 11 is 0. The summed E-state index contributed by atoms with van der Waals surface area (Å²) < 4.78 is 2.23. The zero-order valence-electron chi connectivity index (χ0n) is 13.5. The fourth-order valence-electron chi connectivity index (χ4n) is 3.26. The van der Waals surface area contributed by atoms with Crippen LogP contribution in [0.2, 0.25) is 0 Å². The number of imidazole rings is 1. The van der Waals surface area contributed by atoms with E-state index in [1.54, 1.807) is 0 Å². The van der Waals surface area contributed by atoms with Crippen LogP contribution in [0.4, 0.5) is 0 Å². The Kier molecular flexibility index (Phi) is 5.80. The summed E-state index contributed by atoms with van der Waals surface area (Å²) in [6, 6.07) is 8.23. The Morgan fingerprint density at radius 1 is 1.10 bits per heavy atom. The highest BCUT2D eigenvalue weighted by Crippen LogP contribution is 2.23. The van der Waals surface area contributed by atoms with E-state index in [2.05, 4.69) is 31.4 Å². The molecule has 3 nitrogen and oxygen atoms in total. The number of aryl methyl sites for hydroxylation is 1. The van der Waals surface area contributed by atoms with Gasteiger partial charge in [-0.25, -0.2) is 4.98 Å². The molecule has 1 aromatic heterocycles. The molecule has 0 fully saturated rings. The molecule has 0 saturated carbocycles. The SMILES string of the molecule is CCCC(CCC)C(O)Cc1nc2ccccc2n1CC. The molecule has 116 valence electrons. The number of hydrogen-bond donors (Lipinski definition) is 1. The monoisotopic (exact) mass is 288 g/mol. The van der Waals surface area contributed by atoms with Gasteiger partial charge in [0.2, 0.25) is 0 Å². The van der Waals surface area contributed by atoms with E-state index in [4.69, 9.17) is 4.98 Å². The molecule has 0 aliphatic rings. The lowest BCUT2D eigenvalue weighted by Crippen LogP contribution is -2.24. The second kappa shape index (κ2) is 7.60. The van der Waals surface area contributed by atoms with E-state index in [-0.39, 0.29) is 6.10 Å². The van der Waals surface area contributed by atoms with Crippen LogP contribution in [0.3, 0.4) is 0 Å². The molecule has 0 radical (unpaired) electrons. The highest BCUT2D eigenvalue weighted by molar-refractivity contribution is 5.75. The van der Waals surface area contributed by atoms with Crippen molar-refractivity contribution in [3.05, 3.63) is 30.1 Å². The Hall–Kier alpha value is -1.35. The first-order valence-corrected chi connectivity index (χ1v) is 8.33. The van der Waals surface area contributed by atoms with E-state index < -0.39 is 0 Å². The van der Waals surface area contributed by atoms with Crippen molar-refractivity contribution in [3.8, 4) is 0 Å². The van der Waals surface area contributed by atoms with Gasteiger partial charge < -0.3 is 9.67 Å². The summed E-state index contributed by atoms with van der Waals surface area (Å²) in [5.41, 5.74) is 2.20. The predicted molar refractivity (Wildman–Crippen MR) is 88.4 cm³/mol. The maximum atomic E-state index is 10.6. The third-order valence-electron chi connectivity index (χ3n) is 4.30. The molecule has 1 aromatic carbocycles. The summed E-state index contributed by atoms with van der Waals surface area (Å²) in [6.07, 6.45) is 4.83. The molecule has 0 amide bonds. The molecule has 0 aliphatic heterocycles. The number of aliphatic hydroxyl groups is 1. The molecule has 21 heavy (non-hydrogen) atoms.